The lowest BCUT2D eigenvalue weighted by atomic mass is 10.3. The number of nitrogens with zero attached hydrogens (tertiary/aromatic N) is 1. The zero-order valence-corrected chi connectivity index (χ0v) is 8.91. The zero-order valence-electron chi connectivity index (χ0n) is 8.10. The predicted molar refractivity (Wildman–Crippen MR) is 60.2 cm³/mol. The van der Waals surface area contributed by atoms with Crippen molar-refractivity contribution in [1.82, 2.24) is 0 Å². The number of amides is 1. The molecule has 15 heavy (non-hydrogen) atoms. The molecule has 0 aromatic heterocycles. The number of nitrogens with one attached hydrogen (secondary N) is 1. The molecule has 0 aliphatic heterocycles. The Balaban J connectivity index is 2.64. The van der Waals surface area contributed by atoms with E-state index >= 15 is 0 Å². The smallest absolute Gasteiger partial charge is 0.283 e. The summed E-state index contributed by atoms with van der Waals surface area (Å²) >= 11 is 1.15. The molecular formula is C9H10N2O3S. The third-order valence-electron chi connectivity index (χ3n) is 1.60. The van der Waals surface area contributed by atoms with Gasteiger partial charge in [-0.15, -0.1) is 0 Å². The van der Waals surface area contributed by atoms with E-state index < -0.39 is 4.92 Å². The highest BCUT2D eigenvalue weighted by atomic mass is 32.2. The van der Waals surface area contributed by atoms with Crippen LogP contribution in [0.25, 0.3) is 0 Å². The number of anilines is 1. The van der Waals surface area contributed by atoms with Crippen LogP contribution in [0.15, 0.2) is 24.3 Å². The predicted octanol–water partition coefficient (Wildman–Crippen LogP) is 2.88. The maximum Gasteiger partial charge on any atom is 0.283 e. The molecule has 1 aromatic carbocycles. The summed E-state index contributed by atoms with van der Waals surface area (Å²) in [6.07, 6.45) is 0. The van der Waals surface area contributed by atoms with Crippen molar-refractivity contribution < 1.29 is 9.72 Å². The molecule has 0 heterocycles. The lowest BCUT2D eigenvalue weighted by molar-refractivity contribution is -0.384. The molecule has 0 aliphatic carbocycles. The van der Waals surface area contributed by atoms with E-state index in [4.69, 9.17) is 0 Å². The first kappa shape index (κ1) is 11.5. The van der Waals surface area contributed by atoms with E-state index in [-0.39, 0.29) is 10.9 Å². The Morgan fingerprint density at radius 2 is 2.07 bits per heavy atom. The molecule has 5 nitrogen and oxygen atoms in total. The van der Waals surface area contributed by atoms with E-state index in [0.29, 0.717) is 11.4 Å². The zero-order chi connectivity index (χ0) is 11.3. The molecule has 0 radical (unpaired) electrons. The molecule has 1 amide bonds. The van der Waals surface area contributed by atoms with Crippen molar-refractivity contribution >= 4 is 28.4 Å². The summed E-state index contributed by atoms with van der Waals surface area (Å²) in [5, 5.41) is 12.8. The second kappa shape index (κ2) is 5.35. The van der Waals surface area contributed by atoms with Crippen molar-refractivity contribution in [3.8, 4) is 0 Å². The van der Waals surface area contributed by atoms with Gasteiger partial charge in [-0.25, -0.2) is 0 Å². The summed E-state index contributed by atoms with van der Waals surface area (Å²) in [4.78, 5) is 21.0. The van der Waals surface area contributed by atoms with Crippen LogP contribution < -0.4 is 5.32 Å². The number of hydrogen-bond acceptors (Lipinski definition) is 4. The second-order valence-electron chi connectivity index (χ2n) is 2.65. The van der Waals surface area contributed by atoms with E-state index in [9.17, 15) is 14.9 Å². The summed E-state index contributed by atoms with van der Waals surface area (Å²) in [7, 11) is 0. The number of nitro groups is 1. The SMILES string of the molecule is CCSC(=O)Nc1ccc([N+](=O)[O-])cc1. The van der Waals surface area contributed by atoms with Crippen molar-refractivity contribution in [2.45, 2.75) is 6.92 Å². The van der Waals surface area contributed by atoms with E-state index in [2.05, 4.69) is 5.32 Å². The van der Waals surface area contributed by atoms with Gasteiger partial charge in [-0.2, -0.15) is 0 Å². The van der Waals surface area contributed by atoms with Gasteiger partial charge in [-0.3, -0.25) is 14.9 Å². The molecule has 0 aliphatic rings. The van der Waals surface area contributed by atoms with Gasteiger partial charge in [0.25, 0.3) is 10.9 Å². The first-order valence-corrected chi connectivity index (χ1v) is 5.30. The molecule has 80 valence electrons. The van der Waals surface area contributed by atoms with Gasteiger partial charge in [-0.1, -0.05) is 18.7 Å². The molecule has 1 aromatic rings. The van der Waals surface area contributed by atoms with Crippen LogP contribution in [-0.4, -0.2) is 15.9 Å². The van der Waals surface area contributed by atoms with Crippen LogP contribution in [-0.2, 0) is 0 Å². The van der Waals surface area contributed by atoms with Crippen molar-refractivity contribution in [3.63, 3.8) is 0 Å². The summed E-state index contributed by atoms with van der Waals surface area (Å²) in [6.45, 7) is 1.88. The maximum absolute atomic E-state index is 11.1. The van der Waals surface area contributed by atoms with Crippen LogP contribution >= 0.6 is 11.8 Å². The summed E-state index contributed by atoms with van der Waals surface area (Å²) in [5.74, 6) is 0.693. The Bertz CT molecular complexity index is 364. The molecule has 0 saturated heterocycles. The highest BCUT2D eigenvalue weighted by Gasteiger charge is 2.05. The van der Waals surface area contributed by atoms with Gasteiger partial charge in [0.2, 0.25) is 0 Å². The van der Waals surface area contributed by atoms with Gasteiger partial charge in [0.15, 0.2) is 0 Å². The van der Waals surface area contributed by atoms with Crippen LogP contribution in [0.2, 0.25) is 0 Å². The fraction of sp³-hybridized carbons (Fsp3) is 0.222. The molecule has 0 saturated carbocycles. The van der Waals surface area contributed by atoms with Crippen LogP contribution in [0.3, 0.4) is 0 Å². The number of thioether (sulfide) groups is 1. The number of carbonyl (C=O) groups excluding carboxylic acids is 1. The van der Waals surface area contributed by atoms with Gasteiger partial charge < -0.3 is 5.32 Å². The molecule has 0 spiro atoms. The normalized spacial score (nSPS) is 9.67. The quantitative estimate of drug-likeness (QED) is 0.635. The molecular weight excluding hydrogens is 216 g/mol. The summed E-state index contributed by atoms with van der Waals surface area (Å²) in [5.41, 5.74) is 0.572. The lowest BCUT2D eigenvalue weighted by Crippen LogP contribution is -2.04. The average Bonchev–Trinajstić information content (AvgIpc) is 2.18. The van der Waals surface area contributed by atoms with Gasteiger partial charge in [0.1, 0.15) is 0 Å². The standard InChI is InChI=1S/C9H10N2O3S/c1-2-15-9(12)10-7-3-5-8(6-4-7)11(13)14/h3-6H,2H2,1H3,(H,10,12). The minimum atomic E-state index is -0.480. The van der Waals surface area contributed by atoms with Gasteiger partial charge >= 0.3 is 0 Å². The van der Waals surface area contributed by atoms with Crippen molar-refractivity contribution in [2.24, 2.45) is 0 Å². The molecule has 0 fully saturated rings. The Morgan fingerprint density at radius 1 is 1.47 bits per heavy atom. The molecule has 0 unspecified atom stereocenters. The summed E-state index contributed by atoms with van der Waals surface area (Å²) < 4.78 is 0. The number of benzene rings is 1. The lowest BCUT2D eigenvalue weighted by Gasteiger charge is -2.02. The van der Waals surface area contributed by atoms with Crippen LogP contribution in [0, 0.1) is 10.1 Å². The molecule has 0 atom stereocenters. The number of non-ortho nitro benzene ring substituents is 1. The minimum absolute atomic E-state index is 0.0103. The highest BCUT2D eigenvalue weighted by Crippen LogP contribution is 2.16. The topological polar surface area (TPSA) is 72.2 Å². The van der Waals surface area contributed by atoms with Crippen molar-refractivity contribution in [2.75, 3.05) is 11.1 Å². The molecule has 6 heteroatoms. The molecule has 1 rings (SSSR count). The average molecular weight is 226 g/mol. The Kier molecular flexibility index (Phi) is 4.11. The van der Waals surface area contributed by atoms with Crippen LogP contribution in [0.5, 0.6) is 0 Å². The number of hydrogen-bond donors (Lipinski definition) is 1. The molecule has 1 N–H and O–H groups in total. The third-order valence-corrected chi connectivity index (χ3v) is 2.25. The van der Waals surface area contributed by atoms with Gasteiger partial charge in [0, 0.05) is 17.8 Å². The fourth-order valence-electron chi connectivity index (χ4n) is 0.952. The monoisotopic (exact) mass is 226 g/mol. The first-order chi connectivity index (χ1) is 7.13. The summed E-state index contributed by atoms with van der Waals surface area (Å²) in [6, 6.07) is 5.72. The Hall–Kier alpha value is -1.56. The van der Waals surface area contributed by atoms with Gasteiger partial charge in [0.05, 0.1) is 4.92 Å². The minimum Gasteiger partial charge on any atom is -0.317 e. The Morgan fingerprint density at radius 3 is 2.53 bits per heavy atom. The third kappa shape index (κ3) is 3.59. The van der Waals surface area contributed by atoms with E-state index in [1.54, 1.807) is 0 Å². The highest BCUT2D eigenvalue weighted by molar-refractivity contribution is 8.13. The number of nitro benzene ring substituents is 1. The van der Waals surface area contributed by atoms with E-state index in [0.717, 1.165) is 11.8 Å². The van der Waals surface area contributed by atoms with Crippen molar-refractivity contribution in [3.05, 3.63) is 34.4 Å². The van der Waals surface area contributed by atoms with Crippen LogP contribution in [0.1, 0.15) is 6.92 Å². The maximum atomic E-state index is 11.1. The number of carbonyl (C=O) groups is 1. The van der Waals surface area contributed by atoms with E-state index in [1.807, 2.05) is 6.92 Å². The van der Waals surface area contributed by atoms with Gasteiger partial charge in [-0.05, 0) is 17.9 Å². The largest absolute Gasteiger partial charge is 0.317 e. The fourth-order valence-corrected chi connectivity index (χ4v) is 1.40. The van der Waals surface area contributed by atoms with Crippen LogP contribution in [0.4, 0.5) is 16.2 Å². The second-order valence-corrected chi connectivity index (χ2v) is 3.89. The molecule has 0 bridgehead atoms. The first-order valence-electron chi connectivity index (χ1n) is 4.31. The number of rotatable bonds is 3. The Labute approximate surface area is 91.0 Å². The van der Waals surface area contributed by atoms with E-state index in [1.165, 1.54) is 24.3 Å². The van der Waals surface area contributed by atoms with Crippen molar-refractivity contribution in [1.29, 1.82) is 0 Å².